The van der Waals surface area contributed by atoms with E-state index in [9.17, 15) is 0 Å². The molecule has 2 aliphatic rings. The van der Waals surface area contributed by atoms with Gasteiger partial charge in [0, 0.05) is 12.1 Å². The first-order valence-corrected chi connectivity index (χ1v) is 7.76. The van der Waals surface area contributed by atoms with Crippen LogP contribution in [0.2, 0.25) is 0 Å². The van der Waals surface area contributed by atoms with Crippen LogP contribution in [0.1, 0.15) is 25.7 Å². The van der Waals surface area contributed by atoms with Crippen LogP contribution in [-0.2, 0) is 0 Å². The number of fused-ring (bicyclic) bond motifs is 1. The van der Waals surface area contributed by atoms with Crippen LogP contribution < -0.4 is 5.32 Å². The Hall–Kier alpha value is -1.95. The summed E-state index contributed by atoms with van der Waals surface area (Å²) in [5.74, 6) is 0.750. The molecule has 110 valence electrons. The van der Waals surface area contributed by atoms with Crippen molar-refractivity contribution < 1.29 is 0 Å². The van der Waals surface area contributed by atoms with Crippen molar-refractivity contribution in [1.29, 1.82) is 0 Å². The molecule has 2 saturated heterocycles. The Morgan fingerprint density at radius 2 is 1.86 bits per heavy atom. The molecule has 0 bridgehead atoms. The summed E-state index contributed by atoms with van der Waals surface area (Å²) in [6, 6.07) is 11.1. The summed E-state index contributed by atoms with van der Waals surface area (Å²) in [4.78, 5) is 2.61. The largest absolute Gasteiger partial charge is 0.348 e. The van der Waals surface area contributed by atoms with Crippen molar-refractivity contribution in [2.75, 3.05) is 18.4 Å². The highest BCUT2D eigenvalue weighted by Crippen LogP contribution is 2.29. The molecule has 0 spiro atoms. The monoisotopic (exact) mass is 284 g/mol. The first-order valence-electron chi connectivity index (χ1n) is 7.76. The topological polar surface area (TPSA) is 58.9 Å². The Bertz CT molecular complexity index is 595. The van der Waals surface area contributed by atoms with E-state index in [1.807, 2.05) is 30.3 Å². The van der Waals surface area contributed by atoms with E-state index in [2.05, 4.69) is 25.7 Å². The summed E-state index contributed by atoms with van der Waals surface area (Å²) in [6.07, 6.45) is 5.04. The van der Waals surface area contributed by atoms with Crippen molar-refractivity contribution in [1.82, 2.24) is 25.1 Å². The van der Waals surface area contributed by atoms with Gasteiger partial charge in [0.2, 0.25) is 5.95 Å². The number of para-hydroxylation sites is 1. The fourth-order valence-corrected chi connectivity index (χ4v) is 3.65. The van der Waals surface area contributed by atoms with Crippen molar-refractivity contribution in [3.8, 4) is 5.69 Å². The zero-order valence-corrected chi connectivity index (χ0v) is 12.0. The van der Waals surface area contributed by atoms with Crippen LogP contribution >= 0.6 is 0 Å². The molecular formula is C15H20N6. The summed E-state index contributed by atoms with van der Waals surface area (Å²) < 4.78 is 1.79. The second-order valence-corrected chi connectivity index (χ2v) is 5.89. The number of piperidine rings is 1. The van der Waals surface area contributed by atoms with Gasteiger partial charge in [0.05, 0.1) is 5.69 Å². The van der Waals surface area contributed by atoms with Gasteiger partial charge in [-0.2, -0.15) is 4.68 Å². The lowest BCUT2D eigenvalue weighted by Gasteiger charge is -2.37. The number of anilines is 1. The van der Waals surface area contributed by atoms with Gasteiger partial charge in [-0.25, -0.2) is 0 Å². The van der Waals surface area contributed by atoms with Crippen molar-refractivity contribution in [3.63, 3.8) is 0 Å². The van der Waals surface area contributed by atoms with E-state index in [4.69, 9.17) is 0 Å². The maximum absolute atomic E-state index is 4.17. The minimum Gasteiger partial charge on any atom is -0.348 e. The average molecular weight is 284 g/mol. The fourth-order valence-electron chi connectivity index (χ4n) is 3.65. The van der Waals surface area contributed by atoms with Gasteiger partial charge in [0.15, 0.2) is 0 Å². The molecule has 0 radical (unpaired) electrons. The lowest BCUT2D eigenvalue weighted by Crippen LogP contribution is -2.47. The SMILES string of the molecule is c1ccc(-n2nnnc2N[C@H]2CCCN3CCC[C@@H]23)cc1. The van der Waals surface area contributed by atoms with Crippen LogP contribution in [0, 0.1) is 0 Å². The number of nitrogens with zero attached hydrogens (tertiary/aromatic N) is 5. The van der Waals surface area contributed by atoms with Crippen LogP contribution in [0.15, 0.2) is 30.3 Å². The number of aromatic nitrogens is 4. The fraction of sp³-hybridized carbons (Fsp3) is 0.533. The maximum Gasteiger partial charge on any atom is 0.248 e. The number of nitrogens with one attached hydrogen (secondary N) is 1. The van der Waals surface area contributed by atoms with Gasteiger partial charge in [0.1, 0.15) is 0 Å². The highest BCUT2D eigenvalue weighted by Gasteiger charge is 2.35. The van der Waals surface area contributed by atoms with Crippen LogP contribution in [-0.4, -0.2) is 50.3 Å². The summed E-state index contributed by atoms with van der Waals surface area (Å²) in [5.41, 5.74) is 0.990. The Kier molecular flexibility index (Phi) is 3.31. The van der Waals surface area contributed by atoms with Crippen molar-refractivity contribution in [2.24, 2.45) is 0 Å². The molecule has 0 saturated carbocycles. The van der Waals surface area contributed by atoms with Crippen LogP contribution in [0.4, 0.5) is 5.95 Å². The molecular weight excluding hydrogens is 264 g/mol. The highest BCUT2D eigenvalue weighted by atomic mass is 15.6. The minimum atomic E-state index is 0.453. The molecule has 4 rings (SSSR count). The van der Waals surface area contributed by atoms with Gasteiger partial charge < -0.3 is 5.32 Å². The molecule has 2 aromatic rings. The van der Waals surface area contributed by atoms with Gasteiger partial charge >= 0.3 is 0 Å². The number of tetrazole rings is 1. The normalized spacial score (nSPS) is 25.7. The Morgan fingerprint density at radius 1 is 1.05 bits per heavy atom. The quantitative estimate of drug-likeness (QED) is 0.929. The summed E-state index contributed by atoms with van der Waals surface area (Å²) in [7, 11) is 0. The molecule has 0 amide bonds. The third-order valence-electron chi connectivity index (χ3n) is 4.62. The molecule has 2 atom stereocenters. The first kappa shape index (κ1) is 12.8. The number of hydrogen-bond acceptors (Lipinski definition) is 5. The third kappa shape index (κ3) is 2.40. The molecule has 1 N–H and O–H groups in total. The standard InChI is InChI=1S/C15H20N6/c1-2-6-12(7-3-1)21-15(17-18-19-21)16-13-8-4-10-20-11-5-9-14(13)20/h1-3,6-7,13-14H,4-5,8-11H2,(H,16,17,19)/t13-,14-/m0/s1. The van der Waals surface area contributed by atoms with E-state index in [-0.39, 0.29) is 0 Å². The summed E-state index contributed by atoms with van der Waals surface area (Å²) in [5, 5.41) is 15.7. The average Bonchev–Trinajstić information content (AvgIpc) is 3.17. The van der Waals surface area contributed by atoms with Crippen molar-refractivity contribution in [2.45, 2.75) is 37.8 Å². The van der Waals surface area contributed by atoms with Crippen LogP contribution in [0.5, 0.6) is 0 Å². The Balaban J connectivity index is 1.56. The first-order chi connectivity index (χ1) is 10.4. The number of hydrogen-bond donors (Lipinski definition) is 1. The zero-order valence-electron chi connectivity index (χ0n) is 12.0. The molecule has 6 nitrogen and oxygen atoms in total. The molecule has 1 aromatic heterocycles. The minimum absolute atomic E-state index is 0.453. The van der Waals surface area contributed by atoms with E-state index in [0.717, 1.165) is 11.6 Å². The van der Waals surface area contributed by atoms with Crippen molar-refractivity contribution >= 4 is 5.95 Å². The lowest BCUT2D eigenvalue weighted by atomic mass is 9.96. The Labute approximate surface area is 124 Å². The molecule has 3 heterocycles. The van der Waals surface area contributed by atoms with E-state index in [1.54, 1.807) is 4.68 Å². The predicted octanol–water partition coefficient (Wildman–Crippen LogP) is 1.70. The molecule has 2 aliphatic heterocycles. The molecule has 21 heavy (non-hydrogen) atoms. The van der Waals surface area contributed by atoms with Crippen molar-refractivity contribution in [3.05, 3.63) is 30.3 Å². The maximum atomic E-state index is 4.17. The third-order valence-corrected chi connectivity index (χ3v) is 4.62. The van der Waals surface area contributed by atoms with Gasteiger partial charge in [-0.15, -0.1) is 0 Å². The molecule has 6 heteroatoms. The molecule has 0 aliphatic carbocycles. The molecule has 1 aromatic carbocycles. The van der Waals surface area contributed by atoms with Gasteiger partial charge in [0.25, 0.3) is 0 Å². The van der Waals surface area contributed by atoms with E-state index in [1.165, 1.54) is 38.8 Å². The van der Waals surface area contributed by atoms with Gasteiger partial charge in [-0.3, -0.25) is 4.90 Å². The smallest absolute Gasteiger partial charge is 0.248 e. The summed E-state index contributed by atoms with van der Waals surface area (Å²) in [6.45, 7) is 2.49. The van der Waals surface area contributed by atoms with Crippen LogP contribution in [0.25, 0.3) is 5.69 Å². The van der Waals surface area contributed by atoms with E-state index >= 15 is 0 Å². The van der Waals surface area contributed by atoms with Gasteiger partial charge in [-0.05, 0) is 61.3 Å². The second kappa shape index (κ2) is 5.44. The molecule has 2 fully saturated rings. The highest BCUT2D eigenvalue weighted by molar-refractivity contribution is 5.39. The van der Waals surface area contributed by atoms with E-state index in [0.29, 0.717) is 12.1 Å². The Morgan fingerprint density at radius 3 is 2.71 bits per heavy atom. The summed E-state index contributed by atoms with van der Waals surface area (Å²) >= 11 is 0. The zero-order chi connectivity index (χ0) is 14.1. The molecule has 0 unspecified atom stereocenters. The predicted molar refractivity (Wildman–Crippen MR) is 80.4 cm³/mol. The lowest BCUT2D eigenvalue weighted by molar-refractivity contribution is 0.182. The van der Waals surface area contributed by atoms with Gasteiger partial charge in [-0.1, -0.05) is 23.3 Å². The van der Waals surface area contributed by atoms with E-state index < -0.39 is 0 Å². The number of rotatable bonds is 3. The second-order valence-electron chi connectivity index (χ2n) is 5.89. The number of benzene rings is 1. The van der Waals surface area contributed by atoms with Crippen LogP contribution in [0.3, 0.4) is 0 Å².